The van der Waals surface area contributed by atoms with Crippen LogP contribution in [0.15, 0.2) is 72.8 Å². The van der Waals surface area contributed by atoms with Gasteiger partial charge in [0.05, 0.1) is 23.1 Å². The van der Waals surface area contributed by atoms with Gasteiger partial charge in [-0.1, -0.05) is 60.7 Å². The van der Waals surface area contributed by atoms with E-state index < -0.39 is 58.4 Å². The number of hydrogen-bond acceptors (Lipinski definition) is 3. The van der Waals surface area contributed by atoms with Gasteiger partial charge in [0.2, 0.25) is 11.8 Å². The Morgan fingerprint density at radius 2 is 1.35 bits per heavy atom. The highest BCUT2D eigenvalue weighted by Gasteiger charge is 2.71. The zero-order chi connectivity index (χ0) is 24.0. The quantitative estimate of drug-likeness (QED) is 0.574. The molecule has 1 aliphatic heterocycles. The first-order valence-electron chi connectivity index (χ1n) is 10.7. The monoisotopic (exact) mass is 463 g/mol. The number of para-hydroxylation sites is 1. The number of carbonyl (C=O) groups excluding carboxylic acids is 2. The molecule has 0 aromatic heterocycles. The van der Waals surface area contributed by atoms with Gasteiger partial charge in [0, 0.05) is 5.92 Å². The Morgan fingerprint density at radius 3 is 1.91 bits per heavy atom. The molecule has 1 N–H and O–H groups in total. The van der Waals surface area contributed by atoms with Crippen LogP contribution < -0.4 is 4.90 Å². The number of halogens is 3. The van der Waals surface area contributed by atoms with Gasteiger partial charge in [-0.2, -0.15) is 13.2 Å². The van der Waals surface area contributed by atoms with E-state index in [1.54, 1.807) is 48.5 Å². The van der Waals surface area contributed by atoms with E-state index in [1.807, 2.05) is 0 Å². The third-order valence-electron chi connectivity index (χ3n) is 7.41. The van der Waals surface area contributed by atoms with Crippen LogP contribution in [0.3, 0.4) is 0 Å². The summed E-state index contributed by atoms with van der Waals surface area (Å²) in [4.78, 5) is 41.2. The summed E-state index contributed by atoms with van der Waals surface area (Å²) in [6.07, 6.45) is -4.81. The lowest BCUT2D eigenvalue weighted by Crippen LogP contribution is -2.57. The molecule has 3 aliphatic carbocycles. The first-order chi connectivity index (χ1) is 16.2. The summed E-state index contributed by atoms with van der Waals surface area (Å²) >= 11 is 0. The molecule has 1 heterocycles. The lowest BCUT2D eigenvalue weighted by Gasteiger charge is -2.51. The largest absolute Gasteiger partial charge is 0.480 e. The van der Waals surface area contributed by atoms with Gasteiger partial charge in [-0.15, -0.1) is 0 Å². The van der Waals surface area contributed by atoms with Gasteiger partial charge in [-0.25, -0.2) is 4.90 Å². The summed E-state index contributed by atoms with van der Waals surface area (Å²) in [5.74, 6) is -6.19. The molecular weight excluding hydrogens is 447 g/mol. The SMILES string of the molecule is O=C1[C@@H]2C3c4ccccc4C(C(=O)O)(c4ccccc43)[C@@H]2C(=O)N1c1ccccc1C(F)(F)F. The lowest BCUT2D eigenvalue weighted by atomic mass is 9.47. The van der Waals surface area contributed by atoms with Crippen molar-refractivity contribution in [2.45, 2.75) is 17.5 Å². The van der Waals surface area contributed by atoms with Gasteiger partial charge in [-0.05, 0) is 34.4 Å². The van der Waals surface area contributed by atoms with Crippen molar-refractivity contribution in [2.75, 3.05) is 4.90 Å². The number of aliphatic carboxylic acids is 1. The zero-order valence-electron chi connectivity index (χ0n) is 17.4. The Labute approximate surface area is 191 Å². The van der Waals surface area contributed by atoms with Crippen LogP contribution in [0.4, 0.5) is 18.9 Å². The first-order valence-corrected chi connectivity index (χ1v) is 10.7. The zero-order valence-corrected chi connectivity index (χ0v) is 17.4. The average Bonchev–Trinajstić information content (AvgIpc) is 3.09. The molecule has 2 amide bonds. The van der Waals surface area contributed by atoms with Crippen molar-refractivity contribution in [3.8, 4) is 0 Å². The molecule has 1 fully saturated rings. The number of carbonyl (C=O) groups is 3. The summed E-state index contributed by atoms with van der Waals surface area (Å²) in [7, 11) is 0. The summed E-state index contributed by atoms with van der Waals surface area (Å²) < 4.78 is 41.3. The van der Waals surface area contributed by atoms with Gasteiger partial charge in [0.1, 0.15) is 5.41 Å². The van der Waals surface area contributed by atoms with Gasteiger partial charge in [-0.3, -0.25) is 14.4 Å². The number of amides is 2. The van der Waals surface area contributed by atoms with E-state index in [0.717, 1.165) is 12.1 Å². The van der Waals surface area contributed by atoms with Crippen LogP contribution in [0.5, 0.6) is 0 Å². The standard InChI is InChI=1S/C26H16F3NO4/c27-26(28,29)17-11-5-6-12-18(17)30-22(31)20-19-13-7-1-3-9-15(13)25(24(33)34,21(20)23(30)32)16-10-4-2-8-14(16)19/h1-12,19-21H,(H,33,34)/t19?,20-,21+,25?/m1/s1. The number of rotatable bonds is 2. The molecule has 0 unspecified atom stereocenters. The topological polar surface area (TPSA) is 74.7 Å². The number of carboxylic acids is 1. The molecular formula is C26H16F3NO4. The summed E-state index contributed by atoms with van der Waals surface area (Å²) in [6, 6.07) is 17.9. The number of imide groups is 1. The van der Waals surface area contributed by atoms with E-state index in [1.165, 1.54) is 12.1 Å². The van der Waals surface area contributed by atoms with Crippen LogP contribution >= 0.6 is 0 Å². The molecule has 3 aromatic carbocycles. The van der Waals surface area contributed by atoms with Gasteiger partial charge >= 0.3 is 12.1 Å². The van der Waals surface area contributed by atoms with Gasteiger partial charge in [0.25, 0.3) is 0 Å². The summed E-state index contributed by atoms with van der Waals surface area (Å²) in [5.41, 5.74) is -1.57. The van der Waals surface area contributed by atoms with E-state index >= 15 is 0 Å². The molecule has 0 saturated carbocycles. The Hall–Kier alpha value is -3.94. The summed E-state index contributed by atoms with van der Waals surface area (Å²) in [5, 5.41) is 10.6. The highest BCUT2D eigenvalue weighted by molar-refractivity contribution is 6.25. The van der Waals surface area contributed by atoms with E-state index in [9.17, 15) is 32.7 Å². The third kappa shape index (κ3) is 2.27. The van der Waals surface area contributed by atoms with Crippen molar-refractivity contribution in [3.05, 3.63) is 101 Å². The predicted molar refractivity (Wildman–Crippen MR) is 114 cm³/mol. The highest BCUT2D eigenvalue weighted by atomic mass is 19.4. The minimum Gasteiger partial charge on any atom is -0.480 e. The van der Waals surface area contributed by atoms with Gasteiger partial charge < -0.3 is 5.11 Å². The van der Waals surface area contributed by atoms with E-state index in [4.69, 9.17) is 0 Å². The van der Waals surface area contributed by atoms with Gasteiger partial charge in [0.15, 0.2) is 0 Å². The minimum absolute atomic E-state index is 0.402. The van der Waals surface area contributed by atoms with Crippen molar-refractivity contribution in [1.29, 1.82) is 0 Å². The Balaban J connectivity index is 1.66. The third-order valence-corrected chi connectivity index (χ3v) is 7.41. The number of carboxylic acid groups (broad SMARTS) is 1. The number of benzene rings is 3. The molecule has 34 heavy (non-hydrogen) atoms. The first kappa shape index (κ1) is 20.7. The maximum Gasteiger partial charge on any atom is 0.418 e. The predicted octanol–water partition coefficient (Wildman–Crippen LogP) is 4.34. The van der Waals surface area contributed by atoms with Crippen molar-refractivity contribution in [3.63, 3.8) is 0 Å². The number of nitrogens with zero attached hydrogens (tertiary/aromatic N) is 1. The van der Waals surface area contributed by atoms with Crippen molar-refractivity contribution in [1.82, 2.24) is 0 Å². The molecule has 170 valence electrons. The minimum atomic E-state index is -4.81. The van der Waals surface area contributed by atoms with Crippen LogP contribution in [0.25, 0.3) is 0 Å². The van der Waals surface area contributed by atoms with Crippen LogP contribution in [0.2, 0.25) is 0 Å². The van der Waals surface area contributed by atoms with Crippen LogP contribution in [0.1, 0.15) is 33.7 Å². The summed E-state index contributed by atoms with van der Waals surface area (Å²) in [6.45, 7) is 0. The number of hydrogen-bond donors (Lipinski definition) is 1. The molecule has 0 radical (unpaired) electrons. The fourth-order valence-corrected chi connectivity index (χ4v) is 6.28. The average molecular weight is 463 g/mol. The molecule has 7 rings (SSSR count). The smallest absolute Gasteiger partial charge is 0.418 e. The van der Waals surface area contributed by atoms with Crippen molar-refractivity contribution in [2.24, 2.45) is 11.8 Å². The molecule has 8 heteroatoms. The number of anilines is 1. The van der Waals surface area contributed by atoms with E-state index in [-0.39, 0.29) is 0 Å². The molecule has 4 aliphatic rings. The van der Waals surface area contributed by atoms with E-state index in [0.29, 0.717) is 27.2 Å². The second kappa shape index (κ2) is 6.56. The van der Waals surface area contributed by atoms with Crippen molar-refractivity contribution < 1.29 is 32.7 Å². The Kier molecular flexibility index (Phi) is 3.98. The molecule has 2 atom stereocenters. The Morgan fingerprint density at radius 1 is 0.824 bits per heavy atom. The molecule has 5 nitrogen and oxygen atoms in total. The number of alkyl halides is 3. The fraction of sp³-hybridized carbons (Fsp3) is 0.192. The maximum absolute atomic E-state index is 13.8. The molecule has 3 aromatic rings. The lowest BCUT2D eigenvalue weighted by molar-refractivity contribution is -0.149. The normalized spacial score (nSPS) is 26.8. The second-order valence-corrected chi connectivity index (χ2v) is 8.80. The maximum atomic E-state index is 13.8. The fourth-order valence-electron chi connectivity index (χ4n) is 6.28. The van der Waals surface area contributed by atoms with Crippen LogP contribution in [-0.4, -0.2) is 22.9 Å². The molecule has 1 saturated heterocycles. The van der Waals surface area contributed by atoms with E-state index in [2.05, 4.69) is 0 Å². The van der Waals surface area contributed by atoms with Crippen LogP contribution in [-0.2, 0) is 26.0 Å². The van der Waals surface area contributed by atoms with Crippen LogP contribution in [0, 0.1) is 11.8 Å². The second-order valence-electron chi connectivity index (χ2n) is 8.80. The molecule has 2 bridgehead atoms. The molecule has 0 spiro atoms. The van der Waals surface area contributed by atoms with Crippen molar-refractivity contribution >= 4 is 23.5 Å². The highest BCUT2D eigenvalue weighted by Crippen LogP contribution is 2.64. The Bertz CT molecular complexity index is 1370.